The van der Waals surface area contributed by atoms with Gasteiger partial charge in [0.2, 0.25) is 0 Å². The summed E-state index contributed by atoms with van der Waals surface area (Å²) in [6.45, 7) is -0.357. The van der Waals surface area contributed by atoms with E-state index in [0.29, 0.717) is 5.02 Å². The maximum Gasteiger partial charge on any atom is 0.309 e. The summed E-state index contributed by atoms with van der Waals surface area (Å²) in [4.78, 5) is 23.7. The highest BCUT2D eigenvalue weighted by Gasteiger charge is 2.23. The first-order chi connectivity index (χ1) is 10.5. The number of rotatable bonds is 4. The Morgan fingerprint density at radius 1 is 1.09 bits per heavy atom. The minimum Gasteiger partial charge on any atom is -0.455 e. The van der Waals surface area contributed by atoms with Crippen molar-refractivity contribution in [3.8, 4) is 0 Å². The van der Waals surface area contributed by atoms with E-state index in [1.54, 1.807) is 0 Å². The lowest BCUT2D eigenvalue weighted by Crippen LogP contribution is -2.26. The highest BCUT2D eigenvalue weighted by molar-refractivity contribution is 6.42. The highest BCUT2D eigenvalue weighted by atomic mass is 35.5. The molecule has 4 nitrogen and oxygen atoms in total. The van der Waals surface area contributed by atoms with Gasteiger partial charge in [-0.05, 0) is 25.0 Å². The van der Waals surface area contributed by atoms with E-state index < -0.39 is 5.91 Å². The Kier molecular flexibility index (Phi) is 6.36. The third kappa shape index (κ3) is 4.77. The predicted octanol–water partition coefficient (Wildman–Crippen LogP) is 4.71. The van der Waals surface area contributed by atoms with Gasteiger partial charge in [-0.3, -0.25) is 9.59 Å². The summed E-state index contributed by atoms with van der Waals surface area (Å²) in [7, 11) is 0. The largest absolute Gasteiger partial charge is 0.455 e. The van der Waals surface area contributed by atoms with Crippen molar-refractivity contribution in [3.05, 3.63) is 27.2 Å². The van der Waals surface area contributed by atoms with Crippen LogP contribution in [0.15, 0.2) is 12.1 Å². The molecule has 1 aromatic rings. The fraction of sp³-hybridized carbons (Fsp3) is 0.467. The van der Waals surface area contributed by atoms with Crippen molar-refractivity contribution in [1.29, 1.82) is 0 Å². The van der Waals surface area contributed by atoms with Crippen LogP contribution in [0.4, 0.5) is 5.69 Å². The van der Waals surface area contributed by atoms with Crippen LogP contribution in [0.1, 0.15) is 32.1 Å². The Labute approximate surface area is 144 Å². The zero-order chi connectivity index (χ0) is 16.1. The number of hydrogen-bond donors (Lipinski definition) is 1. The topological polar surface area (TPSA) is 55.4 Å². The molecule has 0 aromatic heterocycles. The molecule has 0 heterocycles. The summed E-state index contributed by atoms with van der Waals surface area (Å²) >= 11 is 17.7. The molecule has 0 aliphatic heterocycles. The van der Waals surface area contributed by atoms with Crippen LogP contribution in [0.2, 0.25) is 15.1 Å². The van der Waals surface area contributed by atoms with Gasteiger partial charge in [0, 0.05) is 5.02 Å². The number of anilines is 1. The molecular weight excluding hydrogens is 349 g/mol. The Balaban J connectivity index is 1.87. The van der Waals surface area contributed by atoms with Crippen LogP contribution in [0, 0.1) is 5.92 Å². The second-order valence-corrected chi connectivity index (χ2v) is 6.49. The number of carbonyl (C=O) groups is 2. The molecule has 7 heteroatoms. The van der Waals surface area contributed by atoms with Crippen molar-refractivity contribution in [2.75, 3.05) is 11.9 Å². The average Bonchev–Trinajstić information content (AvgIpc) is 2.49. The Morgan fingerprint density at radius 3 is 2.27 bits per heavy atom. The van der Waals surface area contributed by atoms with E-state index in [1.807, 2.05) is 0 Å². The van der Waals surface area contributed by atoms with Crippen LogP contribution in [0.3, 0.4) is 0 Å². The number of nitrogens with one attached hydrogen (secondary N) is 1. The Hall–Kier alpha value is -0.970. The number of amides is 1. The molecule has 0 bridgehead atoms. The first kappa shape index (κ1) is 17.4. The molecule has 1 N–H and O–H groups in total. The lowest BCUT2D eigenvalue weighted by atomic mass is 9.89. The smallest absolute Gasteiger partial charge is 0.309 e. The fourth-order valence-electron chi connectivity index (χ4n) is 2.43. The zero-order valence-corrected chi connectivity index (χ0v) is 14.1. The quantitative estimate of drug-likeness (QED) is 0.787. The first-order valence-corrected chi connectivity index (χ1v) is 8.22. The lowest BCUT2D eigenvalue weighted by Gasteiger charge is -2.19. The maximum atomic E-state index is 11.9. The van der Waals surface area contributed by atoms with Gasteiger partial charge in [0.1, 0.15) is 0 Å². The van der Waals surface area contributed by atoms with E-state index in [0.717, 1.165) is 32.1 Å². The molecule has 1 fully saturated rings. The first-order valence-electron chi connectivity index (χ1n) is 7.08. The third-order valence-corrected chi connectivity index (χ3v) is 4.37. The summed E-state index contributed by atoms with van der Waals surface area (Å²) in [5, 5.41) is 3.35. The summed E-state index contributed by atoms with van der Waals surface area (Å²) in [6, 6.07) is 2.94. The van der Waals surface area contributed by atoms with E-state index in [4.69, 9.17) is 39.5 Å². The van der Waals surface area contributed by atoms with Gasteiger partial charge in [-0.25, -0.2) is 0 Å². The SMILES string of the molecule is O=C(COC(=O)C1CCCCC1)Nc1c(Cl)cc(Cl)cc1Cl. The molecule has 0 spiro atoms. The van der Waals surface area contributed by atoms with E-state index >= 15 is 0 Å². The molecule has 0 atom stereocenters. The predicted molar refractivity (Wildman–Crippen MR) is 87.6 cm³/mol. The summed E-state index contributed by atoms with van der Waals surface area (Å²) in [5.41, 5.74) is 0.256. The van der Waals surface area contributed by atoms with Gasteiger partial charge in [0.05, 0.1) is 21.7 Å². The van der Waals surface area contributed by atoms with Gasteiger partial charge in [0.25, 0.3) is 5.91 Å². The van der Waals surface area contributed by atoms with Gasteiger partial charge >= 0.3 is 5.97 Å². The molecule has 1 aromatic carbocycles. The van der Waals surface area contributed by atoms with Gasteiger partial charge < -0.3 is 10.1 Å². The van der Waals surface area contributed by atoms with Crippen LogP contribution < -0.4 is 5.32 Å². The van der Waals surface area contributed by atoms with Crippen LogP contribution in [-0.4, -0.2) is 18.5 Å². The second kappa shape index (κ2) is 8.04. The summed E-state index contributed by atoms with van der Waals surface area (Å²) in [5.74, 6) is -0.900. The molecule has 1 saturated carbocycles. The van der Waals surface area contributed by atoms with Crippen molar-refractivity contribution in [1.82, 2.24) is 0 Å². The van der Waals surface area contributed by atoms with Crippen LogP contribution in [-0.2, 0) is 14.3 Å². The van der Waals surface area contributed by atoms with Crippen LogP contribution >= 0.6 is 34.8 Å². The van der Waals surface area contributed by atoms with Crippen molar-refractivity contribution in [3.63, 3.8) is 0 Å². The van der Waals surface area contributed by atoms with E-state index in [1.165, 1.54) is 12.1 Å². The van der Waals surface area contributed by atoms with Crippen molar-refractivity contribution in [2.45, 2.75) is 32.1 Å². The van der Waals surface area contributed by atoms with Crippen molar-refractivity contribution in [2.24, 2.45) is 5.92 Å². The van der Waals surface area contributed by atoms with Crippen LogP contribution in [0.25, 0.3) is 0 Å². The van der Waals surface area contributed by atoms with Gasteiger partial charge in [-0.2, -0.15) is 0 Å². The molecule has 22 heavy (non-hydrogen) atoms. The van der Waals surface area contributed by atoms with E-state index in [9.17, 15) is 9.59 Å². The minimum atomic E-state index is -0.490. The zero-order valence-electron chi connectivity index (χ0n) is 11.8. The molecule has 1 aliphatic carbocycles. The van der Waals surface area contributed by atoms with Gasteiger partial charge in [0.15, 0.2) is 6.61 Å². The lowest BCUT2D eigenvalue weighted by molar-refractivity contribution is -0.152. The number of benzene rings is 1. The number of halogens is 3. The Bertz CT molecular complexity index is 548. The monoisotopic (exact) mass is 363 g/mol. The van der Waals surface area contributed by atoms with Crippen molar-refractivity contribution >= 4 is 52.4 Å². The fourth-order valence-corrected chi connectivity index (χ4v) is 3.34. The molecule has 0 unspecified atom stereocenters. The molecule has 0 saturated heterocycles. The molecule has 2 rings (SSSR count). The maximum absolute atomic E-state index is 11.9. The van der Waals surface area contributed by atoms with E-state index in [2.05, 4.69) is 5.32 Å². The third-order valence-electron chi connectivity index (χ3n) is 3.56. The molecule has 0 radical (unpaired) electrons. The normalized spacial score (nSPS) is 15.4. The molecule has 1 amide bonds. The number of carbonyl (C=O) groups excluding carboxylic acids is 2. The van der Waals surface area contributed by atoms with Gasteiger partial charge in [-0.1, -0.05) is 54.1 Å². The van der Waals surface area contributed by atoms with Gasteiger partial charge in [-0.15, -0.1) is 0 Å². The molecule has 1 aliphatic rings. The van der Waals surface area contributed by atoms with E-state index in [-0.39, 0.29) is 34.2 Å². The molecular formula is C15H16Cl3NO3. The Morgan fingerprint density at radius 2 is 1.68 bits per heavy atom. The summed E-state index contributed by atoms with van der Waals surface area (Å²) in [6.07, 6.45) is 4.87. The van der Waals surface area contributed by atoms with Crippen LogP contribution in [0.5, 0.6) is 0 Å². The summed E-state index contributed by atoms with van der Waals surface area (Å²) < 4.78 is 5.06. The highest BCUT2D eigenvalue weighted by Crippen LogP contribution is 2.33. The number of hydrogen-bond acceptors (Lipinski definition) is 3. The second-order valence-electron chi connectivity index (χ2n) is 5.24. The number of ether oxygens (including phenoxy) is 1. The minimum absolute atomic E-state index is 0.0933. The molecule has 120 valence electrons. The van der Waals surface area contributed by atoms with Crippen molar-refractivity contribution < 1.29 is 14.3 Å². The standard InChI is InChI=1S/C15H16Cl3NO3/c16-10-6-11(17)14(12(18)7-10)19-13(20)8-22-15(21)9-4-2-1-3-5-9/h6-7,9H,1-5,8H2,(H,19,20). The average molecular weight is 365 g/mol. The number of esters is 1.